The summed E-state index contributed by atoms with van der Waals surface area (Å²) in [6.07, 6.45) is 0. The van der Waals surface area contributed by atoms with Gasteiger partial charge in [0.2, 0.25) is 0 Å². The van der Waals surface area contributed by atoms with Gasteiger partial charge in [-0.3, -0.25) is 0 Å². The molecule has 0 unspecified atom stereocenters. The van der Waals surface area contributed by atoms with E-state index in [2.05, 4.69) is 104 Å². The summed E-state index contributed by atoms with van der Waals surface area (Å²) in [5.74, 6) is -0.821. The fourth-order valence-electron chi connectivity index (χ4n) is 3.87. The molecular weight excluding hydrogens is 940 g/mol. The Morgan fingerprint density at radius 1 is 0.711 bits per heavy atom. The number of fused-ring (bicyclic) bond motifs is 1. The zero-order valence-electron chi connectivity index (χ0n) is 20.0. The van der Waals surface area contributed by atoms with Crippen LogP contribution in [0.1, 0.15) is 40.9 Å². The number of ether oxygens (including phenoxy) is 3. The molecule has 3 aromatic rings. The fraction of sp³-hybridized carbons (Fsp3) is 0.107. The Morgan fingerprint density at radius 3 is 1.50 bits per heavy atom. The van der Waals surface area contributed by atoms with E-state index in [0.29, 0.717) is 28.2 Å². The van der Waals surface area contributed by atoms with Gasteiger partial charge in [0.1, 0.15) is 11.5 Å². The van der Waals surface area contributed by atoms with Crippen LogP contribution < -0.4 is 9.47 Å². The highest BCUT2D eigenvalue weighted by Gasteiger charge is 2.52. The van der Waals surface area contributed by atoms with Crippen LogP contribution in [0.5, 0.6) is 11.5 Å². The van der Waals surface area contributed by atoms with Gasteiger partial charge >= 0.3 is 17.9 Å². The van der Waals surface area contributed by atoms with Crippen molar-refractivity contribution < 1.29 is 28.6 Å². The number of hydrogen-bond acceptors (Lipinski definition) is 6. The summed E-state index contributed by atoms with van der Waals surface area (Å²) < 4.78 is 20.7. The highest BCUT2D eigenvalue weighted by molar-refractivity contribution is 14.1. The van der Waals surface area contributed by atoms with E-state index >= 15 is 0 Å². The van der Waals surface area contributed by atoms with Crippen molar-refractivity contribution in [3.8, 4) is 11.5 Å². The molecule has 0 radical (unpaired) electrons. The Balaban J connectivity index is 1.92. The molecule has 0 saturated heterocycles. The maximum absolute atomic E-state index is 13.4. The second-order valence-corrected chi connectivity index (χ2v) is 12.8. The smallest absolute Gasteiger partial charge is 0.341 e. The summed E-state index contributed by atoms with van der Waals surface area (Å²) in [7, 11) is 0. The van der Waals surface area contributed by atoms with E-state index in [9.17, 15) is 14.4 Å². The molecule has 194 valence electrons. The number of carbonyl (C=O) groups is 3. The second kappa shape index (κ2) is 11.5. The highest BCUT2D eigenvalue weighted by atomic mass is 127. The Bertz CT molecular complexity index is 1450. The number of halogens is 4. The van der Waals surface area contributed by atoms with E-state index in [0.717, 1.165) is 19.8 Å². The van der Waals surface area contributed by atoms with Crippen molar-refractivity contribution in [2.24, 2.45) is 0 Å². The summed E-state index contributed by atoms with van der Waals surface area (Å²) >= 11 is 8.96. The quantitative estimate of drug-likeness (QED) is 0.0636. The molecule has 10 heteroatoms. The molecule has 1 heterocycles. The number of cyclic esters (lactones) is 1. The van der Waals surface area contributed by atoms with Crippen molar-refractivity contribution in [3.05, 3.63) is 109 Å². The molecule has 6 nitrogen and oxygen atoms in total. The first kappa shape index (κ1) is 29.5. The van der Waals surface area contributed by atoms with E-state index in [1.54, 1.807) is 62.4 Å². The Labute approximate surface area is 274 Å². The first-order valence-electron chi connectivity index (χ1n) is 10.9. The molecule has 0 amide bonds. The predicted molar refractivity (Wildman–Crippen MR) is 176 cm³/mol. The van der Waals surface area contributed by atoms with E-state index < -0.39 is 23.5 Å². The van der Waals surface area contributed by atoms with Crippen LogP contribution in [0.2, 0.25) is 0 Å². The van der Waals surface area contributed by atoms with Gasteiger partial charge in [0.15, 0.2) is 5.60 Å². The van der Waals surface area contributed by atoms with E-state index in [1.807, 2.05) is 0 Å². The second-order valence-electron chi connectivity index (χ2n) is 8.47. The molecule has 0 atom stereocenters. The minimum atomic E-state index is -1.29. The van der Waals surface area contributed by atoms with Crippen molar-refractivity contribution in [2.75, 3.05) is 0 Å². The van der Waals surface area contributed by atoms with Crippen LogP contribution in [-0.2, 0) is 19.9 Å². The Hall–Kier alpha value is -1.53. The van der Waals surface area contributed by atoms with Crippen LogP contribution in [0.15, 0.2) is 72.8 Å². The minimum Gasteiger partial charge on any atom is -0.441 e. The molecule has 0 N–H and O–H groups in total. The molecule has 1 aliphatic heterocycles. The van der Waals surface area contributed by atoms with Gasteiger partial charge in [-0.25, -0.2) is 14.4 Å². The molecule has 0 aromatic heterocycles. The number of benzene rings is 3. The predicted octanol–water partition coefficient (Wildman–Crippen LogP) is 7.53. The van der Waals surface area contributed by atoms with Gasteiger partial charge in [0.05, 0.1) is 5.56 Å². The zero-order valence-corrected chi connectivity index (χ0v) is 28.6. The third-order valence-corrected chi connectivity index (χ3v) is 13.1. The lowest BCUT2D eigenvalue weighted by Gasteiger charge is -2.31. The monoisotopic (exact) mass is 958 g/mol. The SMILES string of the molecule is C=C(C)C(=O)Oc1ccc(C2(c3ccc(OC(=O)C(=C)C)cc3)OC(=O)c3c(I)c(I)c(I)c(I)c32)cc1. The minimum absolute atomic E-state index is 0.282. The Morgan fingerprint density at radius 2 is 1.11 bits per heavy atom. The molecule has 3 aromatic carbocycles. The number of esters is 3. The third-order valence-electron chi connectivity index (χ3n) is 5.71. The van der Waals surface area contributed by atoms with Crippen molar-refractivity contribution in [3.63, 3.8) is 0 Å². The topological polar surface area (TPSA) is 78.9 Å². The molecule has 38 heavy (non-hydrogen) atoms. The van der Waals surface area contributed by atoms with Crippen LogP contribution in [-0.4, -0.2) is 17.9 Å². The van der Waals surface area contributed by atoms with Crippen molar-refractivity contribution in [1.82, 2.24) is 0 Å². The van der Waals surface area contributed by atoms with Crippen LogP contribution in [0.25, 0.3) is 0 Å². The van der Waals surface area contributed by atoms with Gasteiger partial charge < -0.3 is 14.2 Å². The first-order valence-corrected chi connectivity index (χ1v) is 15.3. The Kier molecular flexibility index (Phi) is 8.93. The highest BCUT2D eigenvalue weighted by Crippen LogP contribution is 2.52. The maximum atomic E-state index is 13.4. The largest absolute Gasteiger partial charge is 0.441 e. The lowest BCUT2D eigenvalue weighted by Crippen LogP contribution is -2.30. The zero-order chi connectivity index (χ0) is 27.9. The van der Waals surface area contributed by atoms with Gasteiger partial charge in [-0.15, -0.1) is 0 Å². The van der Waals surface area contributed by atoms with Gasteiger partial charge in [-0.2, -0.15) is 0 Å². The summed E-state index contributed by atoms with van der Waals surface area (Å²) in [5.41, 5.74) is 1.84. The van der Waals surface area contributed by atoms with Crippen LogP contribution in [0.3, 0.4) is 0 Å². The summed E-state index contributed by atoms with van der Waals surface area (Å²) in [4.78, 5) is 37.5. The molecule has 0 spiro atoms. The molecule has 0 aliphatic carbocycles. The average Bonchev–Trinajstić information content (AvgIpc) is 3.20. The van der Waals surface area contributed by atoms with Crippen LogP contribution in [0.4, 0.5) is 0 Å². The first-order chi connectivity index (χ1) is 17.9. The van der Waals surface area contributed by atoms with E-state index in [4.69, 9.17) is 14.2 Å². The molecule has 4 rings (SSSR count). The summed E-state index contributed by atoms with van der Waals surface area (Å²) in [6.45, 7) is 10.4. The van der Waals surface area contributed by atoms with Gasteiger partial charge in [-0.1, -0.05) is 37.4 Å². The van der Waals surface area contributed by atoms with Crippen molar-refractivity contribution >= 4 is 108 Å². The number of rotatable bonds is 6. The van der Waals surface area contributed by atoms with Gasteiger partial charge in [0, 0.05) is 42.1 Å². The number of carbonyl (C=O) groups excluding carboxylic acids is 3. The van der Waals surface area contributed by atoms with Crippen LogP contribution in [0, 0.1) is 14.3 Å². The molecular formula is C28H18I4O6. The lowest BCUT2D eigenvalue weighted by atomic mass is 9.80. The third kappa shape index (κ3) is 5.29. The maximum Gasteiger partial charge on any atom is 0.341 e. The lowest BCUT2D eigenvalue weighted by molar-refractivity contribution is -0.130. The summed E-state index contributed by atoms with van der Waals surface area (Å²) in [6, 6.07) is 13.7. The molecule has 0 fully saturated rings. The van der Waals surface area contributed by atoms with Gasteiger partial charge in [-0.05, 0) is 128 Å². The standard InChI is InChI=1S/C28H18I4O6/c1-13(2)25(33)36-17-9-5-15(6-10-17)28(16-7-11-18(12-8-16)37-26(34)14(3)4)20-19(27(35)38-28)21(29)23(31)24(32)22(20)30/h5-12H,1,3H2,2,4H3. The number of hydrogen-bond donors (Lipinski definition) is 0. The fourth-order valence-corrected chi connectivity index (χ4v) is 7.66. The van der Waals surface area contributed by atoms with Crippen LogP contribution >= 0.6 is 90.4 Å². The van der Waals surface area contributed by atoms with Gasteiger partial charge in [0.25, 0.3) is 0 Å². The van der Waals surface area contributed by atoms with Crippen molar-refractivity contribution in [2.45, 2.75) is 19.4 Å². The molecule has 0 saturated carbocycles. The van der Waals surface area contributed by atoms with Crippen molar-refractivity contribution in [1.29, 1.82) is 0 Å². The average molecular weight is 958 g/mol. The summed E-state index contributed by atoms with van der Waals surface area (Å²) in [5, 5.41) is 0. The normalized spacial score (nSPS) is 13.4. The molecule has 1 aliphatic rings. The molecule has 0 bridgehead atoms. The van der Waals surface area contributed by atoms with E-state index in [1.165, 1.54) is 0 Å². The van der Waals surface area contributed by atoms with E-state index in [-0.39, 0.29) is 11.1 Å².